The molecule has 5 aliphatic rings. The third-order valence-electron chi connectivity index (χ3n) is 13.1. The summed E-state index contributed by atoms with van der Waals surface area (Å²) in [6.45, 7) is 3.65. The molecule has 0 spiro atoms. The number of fused-ring (bicyclic) bond motifs is 2. The average molecular weight is 808 g/mol. The fourth-order valence-corrected chi connectivity index (χ4v) is 9.98. The summed E-state index contributed by atoms with van der Waals surface area (Å²) in [6.07, 6.45) is 6.18. The number of piperidine rings is 1. The molecule has 3 aliphatic heterocycles. The van der Waals surface area contributed by atoms with Gasteiger partial charge in [-0.3, -0.25) is 28.8 Å². The van der Waals surface area contributed by atoms with Crippen LogP contribution in [0.1, 0.15) is 95.5 Å². The van der Waals surface area contributed by atoms with Crippen LogP contribution >= 0.6 is 11.6 Å². The minimum Gasteiger partial charge on any atom is -0.371 e. The van der Waals surface area contributed by atoms with Gasteiger partial charge >= 0.3 is 6.18 Å². The molecule has 302 valence electrons. The van der Waals surface area contributed by atoms with E-state index in [0.717, 1.165) is 86.6 Å². The molecule has 0 radical (unpaired) electrons. The van der Waals surface area contributed by atoms with E-state index in [-0.39, 0.29) is 40.6 Å². The number of carbonyl (C=O) groups excluding carboxylic acids is 5. The fraction of sp³-hybridized carbons (Fsp3) is 0.512. The van der Waals surface area contributed by atoms with Crippen molar-refractivity contribution >= 4 is 52.9 Å². The number of rotatable bonds is 11. The van der Waals surface area contributed by atoms with Gasteiger partial charge in [0.25, 0.3) is 17.7 Å². The molecule has 3 unspecified atom stereocenters. The molecule has 1 aromatic heterocycles. The molecular weight excluding hydrogens is 763 g/mol. The minimum atomic E-state index is -4.53. The van der Waals surface area contributed by atoms with Gasteiger partial charge in [-0.05, 0) is 124 Å². The molecule has 2 saturated carbocycles. The first-order valence-electron chi connectivity index (χ1n) is 19.7. The van der Waals surface area contributed by atoms with Gasteiger partial charge in [-0.15, -0.1) is 0 Å². The summed E-state index contributed by atoms with van der Waals surface area (Å²) in [6, 6.07) is 7.69. The molecule has 2 saturated heterocycles. The number of anilines is 2. The maximum atomic E-state index is 13.6. The lowest BCUT2D eigenvalue weighted by atomic mass is 9.76. The number of carbonyl (C=O) groups is 5. The first kappa shape index (κ1) is 39.1. The summed E-state index contributed by atoms with van der Waals surface area (Å²) < 4.78 is 41.1. The van der Waals surface area contributed by atoms with Gasteiger partial charge in [0.05, 0.1) is 33.6 Å². The van der Waals surface area contributed by atoms with Crippen LogP contribution in [0.25, 0.3) is 0 Å². The fourth-order valence-electron chi connectivity index (χ4n) is 9.76. The van der Waals surface area contributed by atoms with Crippen LogP contribution in [0.15, 0.2) is 48.8 Å². The molecule has 2 aliphatic carbocycles. The Balaban J connectivity index is 0.848. The van der Waals surface area contributed by atoms with E-state index in [1.165, 1.54) is 13.1 Å². The standard InChI is InChI=1S/C41H45ClF3N7O5/c1-46-36(54)35(4-2-15-53)52-37(55)31-7-6-29(19-32(31)38(52)56)50-21-25-16-30(17-26(25)22-50)49-13-9-24(10-14-49)27-20-47-51(23-27)40(11-3-12-40)39(57)48-34-8-5-28(18-33(34)42)41(43,44)45/h5-8,15,18-20,23-26,30,35H,2-4,9-14,16-17,21-22H2,1H3,(H,46,54)(H,48,57). The number of halogens is 4. The largest absolute Gasteiger partial charge is 0.416 e. The molecular formula is C41H45ClF3N7O5. The van der Waals surface area contributed by atoms with Crippen molar-refractivity contribution in [3.05, 3.63) is 76.1 Å². The van der Waals surface area contributed by atoms with E-state index in [1.807, 2.05) is 18.5 Å². The van der Waals surface area contributed by atoms with Crippen LogP contribution in [0.2, 0.25) is 5.02 Å². The molecule has 2 N–H and O–H groups in total. The van der Waals surface area contributed by atoms with E-state index < -0.39 is 41.0 Å². The zero-order valence-electron chi connectivity index (χ0n) is 31.6. The van der Waals surface area contributed by atoms with Gasteiger partial charge in [-0.25, -0.2) is 0 Å². The molecule has 4 amide bonds. The van der Waals surface area contributed by atoms with Crippen molar-refractivity contribution in [3.63, 3.8) is 0 Å². The number of benzene rings is 2. The Labute approximate surface area is 333 Å². The second-order valence-electron chi connectivity index (χ2n) is 16.2. The normalized spacial score (nSPS) is 23.9. The summed E-state index contributed by atoms with van der Waals surface area (Å²) in [4.78, 5) is 69.8. The van der Waals surface area contributed by atoms with Gasteiger partial charge < -0.3 is 25.2 Å². The van der Waals surface area contributed by atoms with Crippen molar-refractivity contribution in [1.82, 2.24) is 24.9 Å². The maximum Gasteiger partial charge on any atom is 0.416 e. The molecule has 2 aromatic carbocycles. The lowest BCUT2D eigenvalue weighted by Crippen LogP contribution is -2.51. The summed E-state index contributed by atoms with van der Waals surface area (Å²) in [5.74, 6) is -0.528. The predicted octanol–water partition coefficient (Wildman–Crippen LogP) is 5.86. The highest BCUT2D eigenvalue weighted by molar-refractivity contribution is 6.33. The predicted molar refractivity (Wildman–Crippen MR) is 205 cm³/mol. The lowest BCUT2D eigenvalue weighted by Gasteiger charge is -2.40. The van der Waals surface area contributed by atoms with Crippen molar-refractivity contribution in [2.24, 2.45) is 11.8 Å². The number of likely N-dealkylation sites (N-methyl/N-ethyl adjacent to an activating group) is 1. The Morgan fingerprint density at radius 2 is 1.72 bits per heavy atom. The van der Waals surface area contributed by atoms with Gasteiger partial charge in [0.15, 0.2) is 0 Å². The zero-order chi connectivity index (χ0) is 40.2. The van der Waals surface area contributed by atoms with Crippen LogP contribution in [0.3, 0.4) is 0 Å². The first-order valence-corrected chi connectivity index (χ1v) is 20.1. The zero-order valence-corrected chi connectivity index (χ0v) is 32.3. The number of nitrogens with one attached hydrogen (secondary N) is 2. The van der Waals surface area contributed by atoms with Gasteiger partial charge in [0.1, 0.15) is 17.9 Å². The maximum absolute atomic E-state index is 13.6. The van der Waals surface area contributed by atoms with Gasteiger partial charge in [-0.2, -0.15) is 18.3 Å². The van der Waals surface area contributed by atoms with Crippen LogP contribution in [0, 0.1) is 11.8 Å². The van der Waals surface area contributed by atoms with E-state index in [2.05, 4.69) is 25.5 Å². The molecule has 4 heterocycles. The molecule has 57 heavy (non-hydrogen) atoms. The van der Waals surface area contributed by atoms with Crippen LogP contribution in [-0.2, 0) is 26.1 Å². The van der Waals surface area contributed by atoms with E-state index in [9.17, 15) is 37.1 Å². The number of imide groups is 1. The number of hydrogen-bond acceptors (Lipinski definition) is 8. The van der Waals surface area contributed by atoms with Crippen LogP contribution in [0.5, 0.6) is 0 Å². The number of hydrogen-bond donors (Lipinski definition) is 2. The monoisotopic (exact) mass is 807 g/mol. The van der Waals surface area contributed by atoms with Gasteiger partial charge in [0, 0.05) is 44.5 Å². The van der Waals surface area contributed by atoms with Crippen LogP contribution in [-0.4, -0.2) is 94.8 Å². The average Bonchev–Trinajstić information content (AvgIpc) is 3.96. The summed E-state index contributed by atoms with van der Waals surface area (Å²) in [5, 5.41) is 9.72. The van der Waals surface area contributed by atoms with Crippen LogP contribution < -0.4 is 15.5 Å². The highest BCUT2D eigenvalue weighted by Gasteiger charge is 2.48. The number of nitrogens with zero attached hydrogens (tertiary/aromatic N) is 5. The van der Waals surface area contributed by atoms with Gasteiger partial charge in [-0.1, -0.05) is 11.6 Å². The van der Waals surface area contributed by atoms with Crippen molar-refractivity contribution in [2.45, 2.75) is 87.5 Å². The topological polar surface area (TPSA) is 137 Å². The Hall–Kier alpha value is -4.76. The van der Waals surface area contributed by atoms with Crippen molar-refractivity contribution in [2.75, 3.05) is 43.4 Å². The molecule has 16 heteroatoms. The molecule has 0 bridgehead atoms. The van der Waals surface area contributed by atoms with Crippen molar-refractivity contribution < 1.29 is 37.1 Å². The summed E-state index contributed by atoms with van der Waals surface area (Å²) in [5.41, 5.74) is 0.875. The lowest BCUT2D eigenvalue weighted by molar-refractivity contribution is -0.137. The van der Waals surface area contributed by atoms with Crippen LogP contribution in [0.4, 0.5) is 24.5 Å². The molecule has 12 nitrogen and oxygen atoms in total. The quantitative estimate of drug-likeness (QED) is 0.182. The summed E-state index contributed by atoms with van der Waals surface area (Å²) >= 11 is 6.14. The molecule has 4 fully saturated rings. The Morgan fingerprint density at radius 1 is 1.02 bits per heavy atom. The summed E-state index contributed by atoms with van der Waals surface area (Å²) in [7, 11) is 1.44. The highest BCUT2D eigenvalue weighted by Crippen LogP contribution is 2.45. The smallest absolute Gasteiger partial charge is 0.371 e. The third kappa shape index (κ3) is 7.10. The number of likely N-dealkylation sites (tertiary alicyclic amines) is 1. The highest BCUT2D eigenvalue weighted by atomic mass is 35.5. The van der Waals surface area contributed by atoms with Crippen molar-refractivity contribution in [3.8, 4) is 0 Å². The van der Waals surface area contributed by atoms with Crippen molar-refractivity contribution in [1.29, 1.82) is 0 Å². The number of amides is 4. The number of alkyl halides is 3. The van der Waals surface area contributed by atoms with E-state index in [0.29, 0.717) is 42.9 Å². The second-order valence-corrected chi connectivity index (χ2v) is 16.6. The van der Waals surface area contributed by atoms with E-state index in [1.54, 1.807) is 16.8 Å². The third-order valence-corrected chi connectivity index (χ3v) is 13.4. The second kappa shape index (κ2) is 15.2. The first-order chi connectivity index (χ1) is 27.3. The molecule has 3 aromatic rings. The van der Waals surface area contributed by atoms with Gasteiger partial charge in [0.2, 0.25) is 5.91 Å². The molecule has 3 atom stereocenters. The minimum absolute atomic E-state index is 0.0533. The number of aldehydes is 1. The molecule has 8 rings (SSSR count). The van der Waals surface area contributed by atoms with E-state index in [4.69, 9.17) is 11.6 Å². The number of aromatic nitrogens is 2. The Kier molecular flexibility index (Phi) is 10.4. The Bertz CT molecular complexity index is 2080. The van der Waals surface area contributed by atoms with E-state index >= 15 is 0 Å². The SMILES string of the molecule is CNC(=O)C(CCC=O)N1C(=O)c2ccc(N3CC4CC(N5CCC(c6cnn(C7(C(=O)Nc8ccc(C(F)(F)F)cc8Cl)CCC7)c6)CC5)CC4C3)cc2C1=O. The Morgan fingerprint density at radius 3 is 2.33 bits per heavy atom.